The van der Waals surface area contributed by atoms with Gasteiger partial charge in [0.15, 0.2) is 0 Å². The molecular formula is C28H43N3O. The van der Waals surface area contributed by atoms with Crippen LogP contribution in [-0.2, 0) is 6.54 Å². The van der Waals surface area contributed by atoms with E-state index in [0.717, 1.165) is 51.0 Å². The topological polar surface area (TPSA) is 38.7 Å². The first-order valence-electron chi connectivity index (χ1n) is 12.6. The molecule has 0 unspecified atom stereocenters. The lowest BCUT2D eigenvalue weighted by molar-refractivity contribution is 0.222. The van der Waals surface area contributed by atoms with Gasteiger partial charge in [0, 0.05) is 32.2 Å². The maximum absolute atomic E-state index is 9.08. The monoisotopic (exact) mass is 437 g/mol. The smallest absolute Gasteiger partial charge is 0.0600 e. The Morgan fingerprint density at radius 2 is 1.91 bits per heavy atom. The number of piperidine rings is 1. The highest BCUT2D eigenvalue weighted by Crippen LogP contribution is 2.36. The minimum atomic E-state index is 0.202. The maximum Gasteiger partial charge on any atom is 0.0600 e. The molecule has 2 aliphatic rings. The molecule has 4 heteroatoms. The Balaban J connectivity index is 1.73. The Hall–Kier alpha value is -2.04. The van der Waals surface area contributed by atoms with Crippen molar-refractivity contribution in [3.05, 3.63) is 72.2 Å². The minimum absolute atomic E-state index is 0.202. The van der Waals surface area contributed by atoms with E-state index in [-0.39, 0.29) is 6.61 Å². The first kappa shape index (κ1) is 24.6. The molecule has 1 saturated heterocycles. The summed E-state index contributed by atoms with van der Waals surface area (Å²) in [6, 6.07) is 9.48. The highest BCUT2D eigenvalue weighted by atomic mass is 16.3. The lowest BCUT2D eigenvalue weighted by Crippen LogP contribution is -2.43. The van der Waals surface area contributed by atoms with E-state index in [2.05, 4.69) is 65.5 Å². The lowest BCUT2D eigenvalue weighted by atomic mass is 9.92. The minimum Gasteiger partial charge on any atom is -0.395 e. The summed E-state index contributed by atoms with van der Waals surface area (Å²) in [5, 5.41) is 12.5. The normalized spacial score (nSPS) is 18.2. The summed E-state index contributed by atoms with van der Waals surface area (Å²) in [6.07, 6.45) is 14.0. The molecule has 1 heterocycles. The number of nitrogens with zero attached hydrogens (tertiary/aromatic N) is 2. The van der Waals surface area contributed by atoms with Crippen LogP contribution in [0.5, 0.6) is 0 Å². The van der Waals surface area contributed by atoms with E-state index in [1.807, 2.05) is 6.20 Å². The molecule has 32 heavy (non-hydrogen) atoms. The molecule has 2 fully saturated rings. The number of likely N-dealkylation sites (tertiary alicyclic amines) is 1. The molecule has 0 spiro atoms. The van der Waals surface area contributed by atoms with Gasteiger partial charge in [-0.1, -0.05) is 69.7 Å². The van der Waals surface area contributed by atoms with Crippen molar-refractivity contribution < 1.29 is 5.11 Å². The predicted octanol–water partition coefficient (Wildman–Crippen LogP) is 5.53. The summed E-state index contributed by atoms with van der Waals surface area (Å²) in [6.45, 7) is 14.7. The zero-order chi connectivity index (χ0) is 22.8. The Morgan fingerprint density at radius 3 is 2.56 bits per heavy atom. The quantitative estimate of drug-likeness (QED) is 0.422. The molecule has 1 aliphatic heterocycles. The summed E-state index contributed by atoms with van der Waals surface area (Å²) in [4.78, 5) is 4.74. The highest BCUT2D eigenvalue weighted by molar-refractivity contribution is 5.34. The van der Waals surface area contributed by atoms with Gasteiger partial charge in [0.1, 0.15) is 0 Å². The fourth-order valence-corrected chi connectivity index (χ4v) is 5.21. The van der Waals surface area contributed by atoms with E-state index < -0.39 is 0 Å². The highest BCUT2D eigenvalue weighted by Gasteiger charge is 2.24. The Labute approximate surface area is 195 Å². The number of aliphatic hydroxyl groups excluding tert-OH is 1. The van der Waals surface area contributed by atoms with Crippen molar-refractivity contribution in [2.45, 2.75) is 76.8 Å². The Kier molecular flexibility index (Phi) is 9.89. The summed E-state index contributed by atoms with van der Waals surface area (Å²) in [5.74, 6) is 0.703. The van der Waals surface area contributed by atoms with Crippen LogP contribution in [-0.4, -0.2) is 47.2 Å². The second-order valence-corrected chi connectivity index (χ2v) is 9.25. The second-order valence-electron chi connectivity index (χ2n) is 9.25. The van der Waals surface area contributed by atoms with E-state index in [0.29, 0.717) is 18.5 Å². The molecule has 1 aromatic carbocycles. The zero-order valence-corrected chi connectivity index (χ0v) is 20.1. The molecule has 0 amide bonds. The second kappa shape index (κ2) is 12.9. The summed E-state index contributed by atoms with van der Waals surface area (Å²) >= 11 is 0. The molecule has 2 N–H and O–H groups in total. The Morgan fingerprint density at radius 1 is 1.19 bits per heavy atom. The largest absolute Gasteiger partial charge is 0.395 e. The van der Waals surface area contributed by atoms with Gasteiger partial charge in [-0.25, -0.2) is 0 Å². The van der Waals surface area contributed by atoms with Crippen molar-refractivity contribution in [3.63, 3.8) is 0 Å². The van der Waals surface area contributed by atoms with Gasteiger partial charge in [0.05, 0.1) is 18.0 Å². The number of rotatable bonds is 12. The molecule has 0 aromatic heterocycles. The molecule has 4 nitrogen and oxygen atoms in total. The first-order chi connectivity index (χ1) is 15.7. The number of nitrogens with one attached hydrogen (secondary N) is 1. The van der Waals surface area contributed by atoms with Crippen LogP contribution in [0.2, 0.25) is 0 Å². The third-order valence-electron chi connectivity index (χ3n) is 7.06. The van der Waals surface area contributed by atoms with Crippen molar-refractivity contribution in [1.29, 1.82) is 0 Å². The van der Waals surface area contributed by atoms with Gasteiger partial charge in [-0.05, 0) is 55.3 Å². The molecule has 3 rings (SSSR count). The van der Waals surface area contributed by atoms with Gasteiger partial charge in [-0.3, -0.25) is 0 Å². The SMILES string of the molecule is C=CN(Cc1ccccc1C1CCCC1)/C(=C\CCC)C(=C)N1CCC(NCCO)CC1. The van der Waals surface area contributed by atoms with Crippen LogP contribution in [0.4, 0.5) is 0 Å². The molecule has 1 saturated carbocycles. The molecule has 0 atom stereocenters. The van der Waals surface area contributed by atoms with Gasteiger partial charge >= 0.3 is 0 Å². The van der Waals surface area contributed by atoms with E-state index in [1.165, 1.54) is 42.5 Å². The number of unbranched alkanes of at least 4 members (excludes halogenated alkanes) is 1. The molecule has 176 valence electrons. The molecule has 1 aliphatic carbocycles. The zero-order valence-electron chi connectivity index (χ0n) is 20.1. The third-order valence-corrected chi connectivity index (χ3v) is 7.06. The van der Waals surface area contributed by atoms with Crippen LogP contribution >= 0.6 is 0 Å². The molecule has 0 bridgehead atoms. The number of allylic oxidation sites excluding steroid dienone is 1. The van der Waals surface area contributed by atoms with Crippen molar-refractivity contribution in [2.75, 3.05) is 26.2 Å². The molecular weight excluding hydrogens is 394 g/mol. The average molecular weight is 438 g/mol. The van der Waals surface area contributed by atoms with Gasteiger partial charge in [0.2, 0.25) is 0 Å². The van der Waals surface area contributed by atoms with E-state index in [4.69, 9.17) is 5.11 Å². The number of hydrogen-bond acceptors (Lipinski definition) is 4. The average Bonchev–Trinajstić information content (AvgIpc) is 3.37. The standard InChI is InChI=1S/C28H43N3O/c1-4-6-15-28(23(3)31-19-16-26(17-20-31)29-18-21-32)30(5-2)22-25-13-9-10-14-27(25)24-11-7-8-12-24/h5,9-10,13-15,24,26,29,32H,2-4,6-8,11-12,16-22H2,1H3/b28-15-. The maximum atomic E-state index is 9.08. The molecule has 0 radical (unpaired) electrons. The third kappa shape index (κ3) is 6.49. The fraction of sp³-hybridized carbons (Fsp3) is 0.571. The molecule has 1 aromatic rings. The Bertz CT molecular complexity index is 758. The van der Waals surface area contributed by atoms with Crippen molar-refractivity contribution in [3.8, 4) is 0 Å². The van der Waals surface area contributed by atoms with Gasteiger partial charge < -0.3 is 20.2 Å². The summed E-state index contributed by atoms with van der Waals surface area (Å²) in [5.41, 5.74) is 5.25. The van der Waals surface area contributed by atoms with E-state index in [9.17, 15) is 0 Å². The van der Waals surface area contributed by atoms with Crippen LogP contribution in [0.1, 0.15) is 75.3 Å². The predicted molar refractivity (Wildman–Crippen MR) is 135 cm³/mol. The van der Waals surface area contributed by atoms with Gasteiger partial charge in [-0.2, -0.15) is 0 Å². The van der Waals surface area contributed by atoms with Crippen LogP contribution in [0.25, 0.3) is 0 Å². The fourth-order valence-electron chi connectivity index (χ4n) is 5.21. The summed E-state index contributed by atoms with van der Waals surface area (Å²) in [7, 11) is 0. The number of benzene rings is 1. The van der Waals surface area contributed by atoms with Gasteiger partial charge in [0.25, 0.3) is 0 Å². The number of hydrogen-bond donors (Lipinski definition) is 2. The lowest BCUT2D eigenvalue weighted by Gasteiger charge is -2.38. The van der Waals surface area contributed by atoms with Gasteiger partial charge in [-0.15, -0.1) is 0 Å². The van der Waals surface area contributed by atoms with Crippen LogP contribution in [0, 0.1) is 0 Å². The van der Waals surface area contributed by atoms with Crippen LogP contribution in [0.3, 0.4) is 0 Å². The van der Waals surface area contributed by atoms with Crippen molar-refractivity contribution in [1.82, 2.24) is 15.1 Å². The number of aliphatic hydroxyl groups is 1. The van der Waals surface area contributed by atoms with E-state index >= 15 is 0 Å². The van der Waals surface area contributed by atoms with Crippen molar-refractivity contribution >= 4 is 0 Å². The van der Waals surface area contributed by atoms with Crippen molar-refractivity contribution in [2.24, 2.45) is 0 Å². The van der Waals surface area contributed by atoms with Crippen LogP contribution < -0.4 is 5.32 Å². The van der Waals surface area contributed by atoms with E-state index in [1.54, 1.807) is 0 Å². The first-order valence-corrected chi connectivity index (χ1v) is 12.6. The summed E-state index contributed by atoms with van der Waals surface area (Å²) < 4.78 is 0. The van der Waals surface area contributed by atoms with Crippen LogP contribution in [0.15, 0.2) is 61.1 Å².